The van der Waals surface area contributed by atoms with E-state index >= 15 is 0 Å². The first-order chi connectivity index (χ1) is 10.9. The Hall–Kier alpha value is -2.14. The van der Waals surface area contributed by atoms with Crippen molar-refractivity contribution in [3.63, 3.8) is 0 Å². The molecule has 0 saturated heterocycles. The van der Waals surface area contributed by atoms with Gasteiger partial charge in [0.2, 0.25) is 5.91 Å². The van der Waals surface area contributed by atoms with Gasteiger partial charge in [0.25, 0.3) is 0 Å². The highest BCUT2D eigenvalue weighted by Gasteiger charge is 2.11. The summed E-state index contributed by atoms with van der Waals surface area (Å²) in [7, 11) is -3.19. The van der Waals surface area contributed by atoms with Gasteiger partial charge in [0.05, 0.1) is 10.9 Å². The van der Waals surface area contributed by atoms with Crippen molar-refractivity contribution in [2.24, 2.45) is 0 Å². The lowest BCUT2D eigenvalue weighted by Gasteiger charge is -2.15. The summed E-state index contributed by atoms with van der Waals surface area (Å²) in [5.74, 6) is -0.0199. The highest BCUT2D eigenvalue weighted by atomic mass is 32.2. The molecule has 0 saturated carbocycles. The summed E-state index contributed by atoms with van der Waals surface area (Å²) in [6.07, 6.45) is 2.30. The minimum Gasteiger partial charge on any atom is -0.350 e. The topological polar surface area (TPSA) is 63.2 Å². The van der Waals surface area contributed by atoms with Gasteiger partial charge in [0, 0.05) is 12.7 Å². The molecule has 2 aromatic carbocycles. The Morgan fingerprint density at radius 1 is 1.04 bits per heavy atom. The summed E-state index contributed by atoms with van der Waals surface area (Å²) >= 11 is 0. The van der Waals surface area contributed by atoms with E-state index < -0.39 is 9.84 Å². The third kappa shape index (κ3) is 5.21. The molecule has 1 amide bonds. The molecule has 0 unspecified atom stereocenters. The molecule has 1 N–H and O–H groups in total. The number of rotatable bonds is 6. The zero-order valence-corrected chi connectivity index (χ0v) is 14.1. The molecule has 0 spiro atoms. The fraction of sp³-hybridized carbons (Fsp3) is 0.278. The third-order valence-electron chi connectivity index (χ3n) is 3.67. The Morgan fingerprint density at radius 3 is 2.22 bits per heavy atom. The lowest BCUT2D eigenvalue weighted by molar-refractivity contribution is -0.121. The normalized spacial score (nSPS) is 12.6. The Bertz CT molecular complexity index is 753. The van der Waals surface area contributed by atoms with Gasteiger partial charge < -0.3 is 5.32 Å². The Morgan fingerprint density at radius 2 is 1.65 bits per heavy atom. The van der Waals surface area contributed by atoms with Crippen molar-refractivity contribution in [2.75, 3.05) is 6.26 Å². The summed E-state index contributed by atoms with van der Waals surface area (Å²) in [5, 5.41) is 2.94. The standard InChI is InChI=1S/C18H21NO3S/c1-14(16-9-11-17(12-10-16)23(2,21)22)19-18(20)13-8-15-6-4-3-5-7-15/h3-7,9-12,14H,8,13H2,1-2H3,(H,19,20)/t14-/m1/s1. The highest BCUT2D eigenvalue weighted by Crippen LogP contribution is 2.16. The molecule has 5 heteroatoms. The first kappa shape index (κ1) is 17.2. The maximum Gasteiger partial charge on any atom is 0.220 e. The molecule has 0 heterocycles. The van der Waals surface area contributed by atoms with Crippen molar-refractivity contribution >= 4 is 15.7 Å². The molecular weight excluding hydrogens is 310 g/mol. The second-order valence-corrected chi connectivity index (χ2v) is 7.63. The predicted molar refractivity (Wildman–Crippen MR) is 90.9 cm³/mol. The average molecular weight is 331 g/mol. The van der Waals surface area contributed by atoms with Gasteiger partial charge in [-0.05, 0) is 36.6 Å². The van der Waals surface area contributed by atoms with Crippen LogP contribution in [0.25, 0.3) is 0 Å². The molecule has 0 aliphatic rings. The predicted octanol–water partition coefficient (Wildman–Crippen LogP) is 2.90. The Balaban J connectivity index is 1.90. The van der Waals surface area contributed by atoms with E-state index in [0.29, 0.717) is 12.8 Å². The van der Waals surface area contributed by atoms with Crippen LogP contribution in [0.15, 0.2) is 59.5 Å². The van der Waals surface area contributed by atoms with Crippen LogP contribution >= 0.6 is 0 Å². The van der Waals surface area contributed by atoms with Crippen molar-refractivity contribution in [3.8, 4) is 0 Å². The van der Waals surface area contributed by atoms with Crippen molar-refractivity contribution in [3.05, 3.63) is 65.7 Å². The van der Waals surface area contributed by atoms with E-state index in [1.165, 1.54) is 6.26 Å². The summed E-state index contributed by atoms with van der Waals surface area (Å²) in [5.41, 5.74) is 2.01. The van der Waals surface area contributed by atoms with Gasteiger partial charge in [0.1, 0.15) is 0 Å². The van der Waals surface area contributed by atoms with Gasteiger partial charge in [-0.15, -0.1) is 0 Å². The highest BCUT2D eigenvalue weighted by molar-refractivity contribution is 7.90. The lowest BCUT2D eigenvalue weighted by atomic mass is 10.1. The SMILES string of the molecule is C[C@@H](NC(=O)CCc1ccccc1)c1ccc(S(C)(=O)=O)cc1. The van der Waals surface area contributed by atoms with E-state index in [-0.39, 0.29) is 16.8 Å². The number of benzene rings is 2. The molecule has 122 valence electrons. The van der Waals surface area contributed by atoms with Crippen molar-refractivity contribution < 1.29 is 13.2 Å². The fourth-order valence-corrected chi connectivity index (χ4v) is 2.93. The zero-order chi connectivity index (χ0) is 16.9. The van der Waals surface area contributed by atoms with Crippen LogP contribution in [-0.4, -0.2) is 20.6 Å². The first-order valence-corrected chi connectivity index (χ1v) is 9.39. The second kappa shape index (κ2) is 7.42. The molecular formula is C18H21NO3S. The smallest absolute Gasteiger partial charge is 0.220 e. The number of carbonyl (C=O) groups is 1. The fourth-order valence-electron chi connectivity index (χ4n) is 2.30. The monoisotopic (exact) mass is 331 g/mol. The van der Waals surface area contributed by atoms with E-state index in [1.54, 1.807) is 24.3 Å². The number of sulfone groups is 1. The van der Waals surface area contributed by atoms with Crippen molar-refractivity contribution in [1.82, 2.24) is 5.32 Å². The van der Waals surface area contributed by atoms with Gasteiger partial charge in [-0.25, -0.2) is 8.42 Å². The van der Waals surface area contributed by atoms with Crippen LogP contribution in [0.4, 0.5) is 0 Å². The van der Waals surface area contributed by atoms with Crippen LogP contribution in [0.2, 0.25) is 0 Å². The zero-order valence-electron chi connectivity index (χ0n) is 13.3. The Labute approximate surface area is 137 Å². The van der Waals surface area contributed by atoms with Gasteiger partial charge >= 0.3 is 0 Å². The number of amides is 1. The molecule has 0 bridgehead atoms. The van der Waals surface area contributed by atoms with E-state index in [4.69, 9.17) is 0 Å². The van der Waals surface area contributed by atoms with Gasteiger partial charge in [-0.1, -0.05) is 42.5 Å². The quantitative estimate of drug-likeness (QED) is 0.885. The molecule has 0 aromatic heterocycles. The minimum absolute atomic E-state index is 0.0199. The molecule has 2 rings (SSSR count). The van der Waals surface area contributed by atoms with Crippen LogP contribution < -0.4 is 5.32 Å². The van der Waals surface area contributed by atoms with Crippen LogP contribution in [-0.2, 0) is 21.1 Å². The van der Waals surface area contributed by atoms with E-state index in [1.807, 2.05) is 37.3 Å². The number of hydrogen-bond donors (Lipinski definition) is 1. The number of nitrogens with one attached hydrogen (secondary N) is 1. The average Bonchev–Trinajstić information content (AvgIpc) is 2.53. The number of aryl methyl sites for hydroxylation is 1. The second-order valence-electron chi connectivity index (χ2n) is 5.62. The number of hydrogen-bond acceptors (Lipinski definition) is 3. The van der Waals surface area contributed by atoms with Crippen LogP contribution in [0, 0.1) is 0 Å². The van der Waals surface area contributed by atoms with Crippen LogP contribution in [0.3, 0.4) is 0 Å². The number of carbonyl (C=O) groups excluding carboxylic acids is 1. The van der Waals surface area contributed by atoms with Gasteiger partial charge in [-0.2, -0.15) is 0 Å². The van der Waals surface area contributed by atoms with Crippen LogP contribution in [0.1, 0.15) is 30.5 Å². The molecule has 2 aromatic rings. The lowest BCUT2D eigenvalue weighted by Crippen LogP contribution is -2.26. The van der Waals surface area contributed by atoms with Crippen LogP contribution in [0.5, 0.6) is 0 Å². The summed E-state index contributed by atoms with van der Waals surface area (Å²) in [6.45, 7) is 1.88. The molecule has 1 atom stereocenters. The summed E-state index contributed by atoms with van der Waals surface area (Å²) in [4.78, 5) is 12.3. The summed E-state index contributed by atoms with van der Waals surface area (Å²) in [6, 6.07) is 16.3. The van der Waals surface area contributed by atoms with Gasteiger partial charge in [-0.3, -0.25) is 4.79 Å². The molecule has 0 aliphatic heterocycles. The van der Waals surface area contributed by atoms with E-state index in [0.717, 1.165) is 11.1 Å². The summed E-state index contributed by atoms with van der Waals surface area (Å²) < 4.78 is 22.9. The minimum atomic E-state index is -3.19. The molecule has 0 aliphatic carbocycles. The third-order valence-corrected chi connectivity index (χ3v) is 4.80. The largest absolute Gasteiger partial charge is 0.350 e. The van der Waals surface area contributed by atoms with Crippen molar-refractivity contribution in [1.29, 1.82) is 0 Å². The maximum absolute atomic E-state index is 12.0. The molecule has 0 fully saturated rings. The van der Waals surface area contributed by atoms with E-state index in [9.17, 15) is 13.2 Å². The Kier molecular flexibility index (Phi) is 5.55. The van der Waals surface area contributed by atoms with Crippen molar-refractivity contribution in [2.45, 2.75) is 30.7 Å². The molecule has 4 nitrogen and oxygen atoms in total. The molecule has 0 radical (unpaired) electrons. The maximum atomic E-state index is 12.0. The molecule has 23 heavy (non-hydrogen) atoms. The van der Waals surface area contributed by atoms with Gasteiger partial charge in [0.15, 0.2) is 9.84 Å². The van der Waals surface area contributed by atoms with E-state index in [2.05, 4.69) is 5.32 Å². The first-order valence-electron chi connectivity index (χ1n) is 7.49.